The van der Waals surface area contributed by atoms with Crippen LogP contribution in [0.2, 0.25) is 0 Å². The van der Waals surface area contributed by atoms with Crippen LogP contribution in [0.25, 0.3) is 11.0 Å². The molecular formula is C39H45N5O11. The first-order valence-electron chi connectivity index (χ1n) is 18.5. The maximum absolute atomic E-state index is 13.4. The maximum Gasteiger partial charge on any atom is 0.220 e. The van der Waals surface area contributed by atoms with E-state index in [1.807, 2.05) is 24.1 Å². The maximum atomic E-state index is 13.4. The van der Waals surface area contributed by atoms with Crippen LogP contribution in [0, 0.1) is 12.8 Å². The van der Waals surface area contributed by atoms with Gasteiger partial charge in [-0.15, -0.1) is 0 Å². The zero-order valence-corrected chi connectivity index (χ0v) is 30.5. The normalized spacial score (nSPS) is 27.7. The highest BCUT2D eigenvalue weighted by molar-refractivity contribution is 6.12. The van der Waals surface area contributed by atoms with E-state index in [2.05, 4.69) is 15.3 Å². The van der Waals surface area contributed by atoms with Crippen molar-refractivity contribution in [3.8, 4) is 5.75 Å². The minimum atomic E-state index is -2.40. The Balaban J connectivity index is 1.09. The topological polar surface area (TPSA) is 219 Å². The summed E-state index contributed by atoms with van der Waals surface area (Å²) in [6.45, 7) is 2.70. The molecule has 8 rings (SSSR count). The Bertz CT molecular complexity index is 2130. The smallest absolute Gasteiger partial charge is 0.220 e. The zero-order valence-electron chi connectivity index (χ0n) is 30.5. The number of aliphatic hydroxyl groups is 5. The lowest BCUT2D eigenvalue weighted by Crippen LogP contribution is -2.64. The molecule has 7 heterocycles. The molecule has 0 bridgehead atoms. The lowest BCUT2D eigenvalue weighted by Gasteiger charge is -2.44. The molecule has 1 amide bonds. The van der Waals surface area contributed by atoms with Crippen LogP contribution in [0.3, 0.4) is 0 Å². The predicted octanol–water partition coefficient (Wildman–Crippen LogP) is 0.673. The second kappa shape index (κ2) is 14.4. The third-order valence-electron chi connectivity index (χ3n) is 11.5. The number of β-amino-alcohol motifs (C(OH)–C–C–N with tert-alkyl or cyclic N) is 1. The number of anilines is 1. The Hall–Kier alpha value is -4.68. The SMILES string of the molecule is Cc1cc(=O)c2cc3c(c(N4C=C5C=CN=C5C4)c2o1)OC(C)(CCC1CNC(=O)C1)C(OOCC(O)C(O)(CN1C=CC2=NC=CC21)C(O)C(O)CO)C3. The van der Waals surface area contributed by atoms with Crippen LogP contribution in [-0.4, -0.2) is 122 Å². The number of hydrogen-bond donors (Lipinski definition) is 6. The zero-order chi connectivity index (χ0) is 38.6. The quantitative estimate of drug-likeness (QED) is 0.115. The second-order valence-electron chi connectivity index (χ2n) is 15.3. The van der Waals surface area contributed by atoms with Gasteiger partial charge < -0.3 is 49.8 Å². The van der Waals surface area contributed by atoms with Crippen molar-refractivity contribution in [1.82, 2.24) is 10.2 Å². The summed E-state index contributed by atoms with van der Waals surface area (Å²) in [5.41, 5.74) is 0.422. The summed E-state index contributed by atoms with van der Waals surface area (Å²) in [6.07, 6.45) is 7.63. The van der Waals surface area contributed by atoms with Crippen LogP contribution in [-0.2, 0) is 21.0 Å². The van der Waals surface area contributed by atoms with Crippen LogP contribution >= 0.6 is 0 Å². The number of carbonyl (C=O) groups is 1. The van der Waals surface area contributed by atoms with E-state index in [1.165, 1.54) is 6.07 Å². The highest BCUT2D eigenvalue weighted by Gasteiger charge is 2.50. The second-order valence-corrected chi connectivity index (χ2v) is 15.3. The van der Waals surface area contributed by atoms with E-state index in [1.54, 1.807) is 48.6 Å². The molecule has 55 heavy (non-hydrogen) atoms. The Morgan fingerprint density at radius 3 is 2.75 bits per heavy atom. The standard InChI is InChI=1S/C39H45N5O11/c1-21-11-29(46)25-13-24-14-32(55-52-19-31(48)39(51,37(50)30(47)18-45)20-43-10-6-26-28(43)5-9-40-26)38(2,7-3-22-12-33(49)42-15-22)54-35(24)34(36(25)53-21)44-16-23-4-8-41-27(23)17-44/h4-6,8-11,13,16,22,28,30-32,37,45,47-48,50-51H,3,7,12,14-15,17-20H2,1-2H3,(H,42,49). The number of ether oxygens (including phenoxy) is 1. The van der Waals surface area contributed by atoms with Gasteiger partial charge in [0.25, 0.3) is 0 Å². The molecule has 0 spiro atoms. The van der Waals surface area contributed by atoms with Crippen molar-refractivity contribution in [2.45, 2.75) is 81.2 Å². The molecule has 0 aliphatic carbocycles. The van der Waals surface area contributed by atoms with Gasteiger partial charge in [-0.1, -0.05) is 0 Å². The summed E-state index contributed by atoms with van der Waals surface area (Å²) in [4.78, 5) is 49.6. The number of rotatable bonds is 14. The van der Waals surface area contributed by atoms with Gasteiger partial charge in [0, 0.05) is 61.4 Å². The first kappa shape index (κ1) is 37.3. The molecule has 6 aliphatic rings. The van der Waals surface area contributed by atoms with E-state index in [9.17, 15) is 35.1 Å². The van der Waals surface area contributed by atoms with Crippen molar-refractivity contribution in [3.63, 3.8) is 0 Å². The molecule has 6 aliphatic heterocycles. The summed E-state index contributed by atoms with van der Waals surface area (Å²) in [5, 5.41) is 57.5. The van der Waals surface area contributed by atoms with Crippen LogP contribution in [0.4, 0.5) is 5.69 Å². The molecule has 1 fully saturated rings. The Labute approximate surface area is 315 Å². The number of aryl methyl sites for hydroxylation is 1. The molecule has 1 saturated heterocycles. The van der Waals surface area contributed by atoms with Crippen molar-refractivity contribution in [2.24, 2.45) is 15.9 Å². The average Bonchev–Trinajstić information content (AvgIpc) is 4.00. The largest absolute Gasteiger partial charge is 0.482 e. The fourth-order valence-corrected chi connectivity index (χ4v) is 8.20. The van der Waals surface area contributed by atoms with Gasteiger partial charge in [0.2, 0.25) is 5.91 Å². The summed E-state index contributed by atoms with van der Waals surface area (Å²) in [7, 11) is 0. The van der Waals surface area contributed by atoms with E-state index in [-0.39, 0.29) is 36.3 Å². The predicted molar refractivity (Wildman–Crippen MR) is 199 cm³/mol. The molecule has 2 aromatic rings. The number of benzene rings is 1. The van der Waals surface area contributed by atoms with Crippen molar-refractivity contribution in [1.29, 1.82) is 0 Å². The third kappa shape index (κ3) is 6.81. The summed E-state index contributed by atoms with van der Waals surface area (Å²) < 4.78 is 13.2. The first-order valence-corrected chi connectivity index (χ1v) is 18.5. The molecule has 292 valence electrons. The van der Waals surface area contributed by atoms with Gasteiger partial charge in [0.05, 0.1) is 42.5 Å². The fourth-order valence-electron chi connectivity index (χ4n) is 8.20. The Kier molecular flexibility index (Phi) is 9.78. The number of aliphatic hydroxyl groups excluding tert-OH is 4. The first-order chi connectivity index (χ1) is 26.4. The van der Waals surface area contributed by atoms with Crippen LogP contribution in [0.1, 0.15) is 37.5 Å². The van der Waals surface area contributed by atoms with E-state index in [0.717, 1.165) is 11.3 Å². The van der Waals surface area contributed by atoms with Gasteiger partial charge in [0.1, 0.15) is 53.7 Å². The van der Waals surface area contributed by atoms with Gasteiger partial charge in [-0.25, -0.2) is 9.78 Å². The minimum absolute atomic E-state index is 0.0169. The molecule has 16 nitrogen and oxygen atoms in total. The monoisotopic (exact) mass is 759 g/mol. The molecule has 1 aromatic heterocycles. The number of aliphatic imine (C=N–C) groups is 2. The summed E-state index contributed by atoms with van der Waals surface area (Å²) in [6, 6.07) is 2.83. The lowest BCUT2D eigenvalue weighted by molar-refractivity contribution is -0.365. The number of allylic oxidation sites excluding steroid dienone is 1. The molecule has 6 N–H and O–H groups in total. The number of nitrogens with zero attached hydrogens (tertiary/aromatic N) is 4. The minimum Gasteiger partial charge on any atom is -0.482 e. The van der Waals surface area contributed by atoms with Gasteiger partial charge in [-0.05, 0) is 56.9 Å². The van der Waals surface area contributed by atoms with Crippen molar-refractivity contribution >= 4 is 34.0 Å². The highest BCUT2D eigenvalue weighted by atomic mass is 17.2. The van der Waals surface area contributed by atoms with Crippen molar-refractivity contribution in [3.05, 3.63) is 82.3 Å². The van der Waals surface area contributed by atoms with Crippen molar-refractivity contribution < 1.29 is 49.3 Å². The van der Waals surface area contributed by atoms with Gasteiger partial charge in [-0.3, -0.25) is 19.6 Å². The number of carbonyl (C=O) groups excluding carboxylic acids is 1. The van der Waals surface area contributed by atoms with Crippen molar-refractivity contribution in [2.75, 3.05) is 37.7 Å². The Morgan fingerprint density at radius 2 is 1.98 bits per heavy atom. The molecule has 0 saturated carbocycles. The molecule has 8 unspecified atom stereocenters. The number of fused-ring (bicyclic) bond motifs is 4. The van der Waals surface area contributed by atoms with Crippen LogP contribution in [0.15, 0.2) is 79.9 Å². The van der Waals surface area contributed by atoms with E-state index >= 15 is 0 Å². The Morgan fingerprint density at radius 1 is 1.15 bits per heavy atom. The van der Waals surface area contributed by atoms with E-state index in [0.29, 0.717) is 71.8 Å². The molecule has 8 atom stereocenters. The summed E-state index contributed by atoms with van der Waals surface area (Å²) in [5.74, 6) is 0.996. The number of nitrogens with one attached hydrogen (secondary N) is 1. The van der Waals surface area contributed by atoms with Crippen LogP contribution in [0.5, 0.6) is 5.75 Å². The van der Waals surface area contributed by atoms with E-state index in [4.69, 9.17) is 18.9 Å². The third-order valence-corrected chi connectivity index (χ3v) is 11.5. The van der Waals surface area contributed by atoms with Gasteiger partial charge in [-0.2, -0.15) is 0 Å². The average molecular weight is 760 g/mol. The van der Waals surface area contributed by atoms with Crippen LogP contribution < -0.4 is 20.4 Å². The molecule has 16 heteroatoms. The molecular weight excluding hydrogens is 714 g/mol. The summed E-state index contributed by atoms with van der Waals surface area (Å²) >= 11 is 0. The lowest BCUT2D eigenvalue weighted by atomic mass is 9.83. The molecule has 0 radical (unpaired) electrons. The number of amides is 1. The number of hydrogen-bond acceptors (Lipinski definition) is 15. The highest BCUT2D eigenvalue weighted by Crippen LogP contribution is 2.48. The molecule has 1 aromatic carbocycles. The van der Waals surface area contributed by atoms with E-state index < -0.39 is 48.8 Å². The fraction of sp³-hybridized carbons (Fsp3) is 0.487. The van der Waals surface area contributed by atoms with Gasteiger partial charge >= 0.3 is 0 Å². The van der Waals surface area contributed by atoms with Gasteiger partial charge in [0.15, 0.2) is 16.8 Å².